The molecular weight excluding hydrogens is 336 g/mol. The van der Waals surface area contributed by atoms with Crippen LogP contribution in [0, 0.1) is 19.8 Å². The summed E-state index contributed by atoms with van der Waals surface area (Å²) in [5, 5.41) is 0. The molecule has 140 valence electrons. The van der Waals surface area contributed by atoms with E-state index in [9.17, 15) is 13.2 Å². The number of carbonyl (C=O) groups excluding carboxylic acids is 1. The van der Waals surface area contributed by atoms with Gasteiger partial charge in [-0.25, -0.2) is 13.1 Å². The molecule has 1 heterocycles. The number of rotatable bonds is 6. The van der Waals surface area contributed by atoms with E-state index in [-0.39, 0.29) is 11.9 Å². The lowest BCUT2D eigenvalue weighted by molar-refractivity contribution is -0.130. The van der Waals surface area contributed by atoms with E-state index in [2.05, 4.69) is 18.6 Å². The van der Waals surface area contributed by atoms with Gasteiger partial charge in [-0.3, -0.25) is 4.79 Å². The number of likely N-dealkylation sites (tertiary alicyclic amines) is 1. The number of hydrogen-bond acceptors (Lipinski definition) is 3. The quantitative estimate of drug-likeness (QED) is 0.841. The highest BCUT2D eigenvalue weighted by Crippen LogP contribution is 2.19. The van der Waals surface area contributed by atoms with Crippen molar-refractivity contribution in [2.45, 2.75) is 64.3 Å². The summed E-state index contributed by atoms with van der Waals surface area (Å²) in [5.41, 5.74) is 1.85. The zero-order chi connectivity index (χ0) is 18.6. The van der Waals surface area contributed by atoms with Crippen LogP contribution in [0.3, 0.4) is 0 Å². The van der Waals surface area contributed by atoms with Crippen LogP contribution in [0.1, 0.15) is 50.7 Å². The number of amides is 1. The largest absolute Gasteiger partial charge is 0.343 e. The Balaban J connectivity index is 2.04. The Hall–Kier alpha value is -1.40. The Kier molecular flexibility index (Phi) is 6.63. The topological polar surface area (TPSA) is 66.5 Å². The predicted molar refractivity (Wildman–Crippen MR) is 99.9 cm³/mol. The van der Waals surface area contributed by atoms with Crippen molar-refractivity contribution in [2.75, 3.05) is 13.1 Å². The fraction of sp³-hybridized carbons (Fsp3) is 0.632. The predicted octanol–water partition coefficient (Wildman–Crippen LogP) is 3.01. The standard InChI is InChI=1S/C19H30N2O3S/c1-14(2)7-9-21-10-8-17(5-6-19(21)22)20-25(23,24)18-12-15(3)11-16(4)13-18/h11-14,17,20H,5-10H2,1-4H3. The number of nitrogens with one attached hydrogen (secondary N) is 1. The molecule has 5 nitrogen and oxygen atoms in total. The van der Waals surface area contributed by atoms with Gasteiger partial charge in [0.25, 0.3) is 0 Å². The number of nitrogens with zero attached hydrogens (tertiary/aromatic N) is 1. The van der Waals surface area contributed by atoms with Crippen molar-refractivity contribution < 1.29 is 13.2 Å². The van der Waals surface area contributed by atoms with Gasteiger partial charge in [0.2, 0.25) is 15.9 Å². The van der Waals surface area contributed by atoms with Crippen molar-refractivity contribution in [3.63, 3.8) is 0 Å². The molecule has 6 heteroatoms. The summed E-state index contributed by atoms with van der Waals surface area (Å²) in [6, 6.07) is 5.13. The first-order chi connectivity index (χ1) is 11.7. The third-order valence-corrected chi connectivity index (χ3v) is 6.11. The van der Waals surface area contributed by atoms with Crippen molar-refractivity contribution in [1.29, 1.82) is 0 Å². The molecule has 0 spiro atoms. The summed E-state index contributed by atoms with van der Waals surface area (Å²) < 4.78 is 28.2. The molecule has 1 aliphatic heterocycles. The van der Waals surface area contributed by atoms with Gasteiger partial charge in [0.05, 0.1) is 4.90 Å². The van der Waals surface area contributed by atoms with Gasteiger partial charge in [-0.05, 0) is 62.3 Å². The molecule has 1 N–H and O–H groups in total. The van der Waals surface area contributed by atoms with Gasteiger partial charge in [-0.1, -0.05) is 19.9 Å². The summed E-state index contributed by atoms with van der Waals surface area (Å²) in [4.78, 5) is 14.4. The maximum absolute atomic E-state index is 12.7. The second-order valence-corrected chi connectivity index (χ2v) is 9.25. The molecule has 0 aromatic heterocycles. The molecule has 0 radical (unpaired) electrons. The molecule has 1 fully saturated rings. The minimum absolute atomic E-state index is 0.133. The average molecular weight is 367 g/mol. The fourth-order valence-electron chi connectivity index (χ4n) is 3.18. The molecule has 0 aliphatic carbocycles. The molecule has 1 aliphatic rings. The molecule has 25 heavy (non-hydrogen) atoms. The summed E-state index contributed by atoms with van der Waals surface area (Å²) in [6.45, 7) is 9.44. The second kappa shape index (κ2) is 8.32. The van der Waals surface area contributed by atoms with E-state index in [1.54, 1.807) is 12.1 Å². The van der Waals surface area contributed by atoms with Gasteiger partial charge in [0.1, 0.15) is 0 Å². The lowest BCUT2D eigenvalue weighted by atomic mass is 10.1. The minimum Gasteiger partial charge on any atom is -0.343 e. The van der Waals surface area contributed by atoms with Gasteiger partial charge >= 0.3 is 0 Å². The van der Waals surface area contributed by atoms with Crippen LogP contribution < -0.4 is 4.72 Å². The maximum Gasteiger partial charge on any atom is 0.240 e. The Morgan fingerprint density at radius 3 is 2.40 bits per heavy atom. The van der Waals surface area contributed by atoms with E-state index < -0.39 is 10.0 Å². The van der Waals surface area contributed by atoms with E-state index >= 15 is 0 Å². The van der Waals surface area contributed by atoms with Crippen molar-refractivity contribution in [2.24, 2.45) is 5.92 Å². The molecule has 1 unspecified atom stereocenters. The average Bonchev–Trinajstić information content (AvgIpc) is 2.66. The first kappa shape index (κ1) is 19.9. The minimum atomic E-state index is -3.56. The molecule has 1 saturated heterocycles. The van der Waals surface area contributed by atoms with Crippen molar-refractivity contribution in [3.8, 4) is 0 Å². The normalized spacial score (nSPS) is 19.3. The molecule has 1 atom stereocenters. The van der Waals surface area contributed by atoms with Crippen LogP contribution in [0.25, 0.3) is 0 Å². The summed E-state index contributed by atoms with van der Waals surface area (Å²) >= 11 is 0. The number of benzene rings is 1. The fourth-order valence-corrected chi connectivity index (χ4v) is 4.67. The first-order valence-corrected chi connectivity index (χ1v) is 10.5. The Morgan fingerprint density at radius 1 is 1.16 bits per heavy atom. The van der Waals surface area contributed by atoms with E-state index in [1.807, 2.05) is 24.8 Å². The van der Waals surface area contributed by atoms with Crippen LogP contribution in [0.2, 0.25) is 0 Å². The van der Waals surface area contributed by atoms with Gasteiger partial charge in [0, 0.05) is 25.6 Å². The lowest BCUT2D eigenvalue weighted by Gasteiger charge is -2.22. The molecule has 1 amide bonds. The number of carbonyl (C=O) groups is 1. The number of hydrogen-bond donors (Lipinski definition) is 1. The number of sulfonamides is 1. The molecule has 0 bridgehead atoms. The van der Waals surface area contributed by atoms with Gasteiger partial charge in [-0.2, -0.15) is 0 Å². The third-order valence-electron chi connectivity index (χ3n) is 4.61. The highest BCUT2D eigenvalue weighted by Gasteiger charge is 2.26. The zero-order valence-electron chi connectivity index (χ0n) is 15.7. The van der Waals surface area contributed by atoms with E-state index in [1.165, 1.54) is 0 Å². The highest BCUT2D eigenvalue weighted by atomic mass is 32.2. The van der Waals surface area contributed by atoms with Crippen LogP contribution >= 0.6 is 0 Å². The molecule has 0 saturated carbocycles. The Bertz CT molecular complexity index is 693. The maximum atomic E-state index is 12.7. The smallest absolute Gasteiger partial charge is 0.240 e. The Labute approximate surface area is 151 Å². The number of aryl methyl sites for hydroxylation is 2. The monoisotopic (exact) mass is 366 g/mol. The SMILES string of the molecule is Cc1cc(C)cc(S(=O)(=O)NC2CCC(=O)N(CCC(C)C)CC2)c1. The van der Waals surface area contributed by atoms with Gasteiger partial charge in [-0.15, -0.1) is 0 Å². The summed E-state index contributed by atoms with van der Waals surface area (Å²) in [6.07, 6.45) is 2.59. The molecule has 2 rings (SSSR count). The van der Waals surface area contributed by atoms with Gasteiger partial charge in [0.15, 0.2) is 0 Å². The first-order valence-electron chi connectivity index (χ1n) is 9.06. The summed E-state index contributed by atoms with van der Waals surface area (Å²) in [5.74, 6) is 0.684. The van der Waals surface area contributed by atoms with Crippen LogP contribution in [0.15, 0.2) is 23.1 Å². The van der Waals surface area contributed by atoms with Crippen LogP contribution in [0.4, 0.5) is 0 Å². The van der Waals surface area contributed by atoms with E-state index in [4.69, 9.17) is 0 Å². The molecular formula is C19H30N2O3S. The van der Waals surface area contributed by atoms with E-state index in [0.29, 0.717) is 36.6 Å². The lowest BCUT2D eigenvalue weighted by Crippen LogP contribution is -2.36. The third kappa shape index (κ3) is 5.82. The second-order valence-electron chi connectivity index (χ2n) is 7.53. The highest BCUT2D eigenvalue weighted by molar-refractivity contribution is 7.89. The van der Waals surface area contributed by atoms with Crippen molar-refractivity contribution in [3.05, 3.63) is 29.3 Å². The van der Waals surface area contributed by atoms with Crippen LogP contribution in [-0.2, 0) is 14.8 Å². The molecule has 1 aromatic rings. The molecule has 1 aromatic carbocycles. The van der Waals surface area contributed by atoms with Crippen molar-refractivity contribution >= 4 is 15.9 Å². The van der Waals surface area contributed by atoms with Crippen molar-refractivity contribution in [1.82, 2.24) is 9.62 Å². The Morgan fingerprint density at radius 2 is 1.80 bits per heavy atom. The van der Waals surface area contributed by atoms with Crippen LogP contribution in [-0.4, -0.2) is 38.4 Å². The van der Waals surface area contributed by atoms with Crippen LogP contribution in [0.5, 0.6) is 0 Å². The zero-order valence-corrected chi connectivity index (χ0v) is 16.5. The van der Waals surface area contributed by atoms with Gasteiger partial charge < -0.3 is 4.90 Å². The summed E-state index contributed by atoms with van der Waals surface area (Å²) in [7, 11) is -3.56. The van der Waals surface area contributed by atoms with E-state index in [0.717, 1.165) is 24.1 Å².